The summed E-state index contributed by atoms with van der Waals surface area (Å²) in [4.78, 5) is 0. The molecule has 0 spiro atoms. The predicted molar refractivity (Wildman–Crippen MR) is 76.8 cm³/mol. The van der Waals surface area contributed by atoms with E-state index in [4.69, 9.17) is 5.84 Å². The first-order valence-electron chi connectivity index (χ1n) is 5.63. The Kier molecular flexibility index (Phi) is 4.88. The summed E-state index contributed by atoms with van der Waals surface area (Å²) >= 11 is 4.95. The first-order chi connectivity index (χ1) is 8.72. The number of hydrogen-bond acceptors (Lipinski definition) is 3. The molecular weight excluding hydrogens is 315 g/mol. The molecule has 0 saturated heterocycles. The summed E-state index contributed by atoms with van der Waals surface area (Å²) < 4.78 is 14.0. The molecule has 18 heavy (non-hydrogen) atoms. The van der Waals surface area contributed by atoms with Crippen LogP contribution in [0.25, 0.3) is 0 Å². The lowest BCUT2D eigenvalue weighted by molar-refractivity contribution is 0.509. The van der Waals surface area contributed by atoms with Gasteiger partial charge in [0.1, 0.15) is 5.82 Å². The molecule has 2 aromatic rings. The molecule has 0 saturated carbocycles. The molecule has 5 heteroatoms. The maximum Gasteiger partial charge on any atom is 0.137 e. The van der Waals surface area contributed by atoms with Gasteiger partial charge in [0.2, 0.25) is 0 Å². The van der Waals surface area contributed by atoms with Gasteiger partial charge in [-0.3, -0.25) is 11.3 Å². The van der Waals surface area contributed by atoms with Crippen molar-refractivity contribution in [2.75, 3.05) is 0 Å². The summed E-state index contributed by atoms with van der Waals surface area (Å²) in [6.45, 7) is 0. The Morgan fingerprint density at radius 1 is 1.39 bits per heavy atom. The second-order valence-electron chi connectivity index (χ2n) is 4.03. The van der Waals surface area contributed by atoms with Gasteiger partial charge in [-0.25, -0.2) is 4.39 Å². The van der Waals surface area contributed by atoms with Crippen molar-refractivity contribution >= 4 is 27.3 Å². The Bertz CT molecular complexity index is 502. The first-order valence-corrected chi connectivity index (χ1v) is 7.37. The molecule has 1 aromatic carbocycles. The second kappa shape index (κ2) is 6.43. The van der Waals surface area contributed by atoms with Crippen molar-refractivity contribution in [1.29, 1.82) is 0 Å². The van der Waals surface area contributed by atoms with Gasteiger partial charge in [0.25, 0.3) is 0 Å². The zero-order valence-electron chi connectivity index (χ0n) is 9.70. The van der Waals surface area contributed by atoms with E-state index >= 15 is 0 Å². The molecule has 3 N–H and O–H groups in total. The highest BCUT2D eigenvalue weighted by atomic mass is 79.9. The van der Waals surface area contributed by atoms with Crippen molar-refractivity contribution in [3.05, 3.63) is 56.4 Å². The molecule has 1 unspecified atom stereocenters. The number of nitrogens with two attached hydrogens (primary N) is 1. The van der Waals surface area contributed by atoms with Crippen LogP contribution >= 0.6 is 27.3 Å². The Labute approximate surface area is 118 Å². The number of nitrogens with one attached hydrogen (secondary N) is 1. The molecule has 0 radical (unpaired) electrons. The lowest BCUT2D eigenvalue weighted by Gasteiger charge is -2.17. The van der Waals surface area contributed by atoms with Crippen molar-refractivity contribution in [3.63, 3.8) is 0 Å². The van der Waals surface area contributed by atoms with E-state index in [-0.39, 0.29) is 11.9 Å². The summed E-state index contributed by atoms with van der Waals surface area (Å²) in [7, 11) is 0. The monoisotopic (exact) mass is 328 g/mol. The Balaban J connectivity index is 2.10. The molecule has 1 aromatic heterocycles. The Morgan fingerprint density at radius 2 is 2.22 bits per heavy atom. The molecule has 1 atom stereocenters. The zero-order chi connectivity index (χ0) is 13.0. The fourth-order valence-electron chi connectivity index (χ4n) is 1.86. The quantitative estimate of drug-likeness (QED) is 0.647. The number of rotatable bonds is 5. The normalized spacial score (nSPS) is 12.6. The van der Waals surface area contributed by atoms with Gasteiger partial charge in [-0.05, 0) is 62.8 Å². The predicted octanol–water partition coefficient (Wildman–Crippen LogP) is 3.79. The van der Waals surface area contributed by atoms with Crippen LogP contribution in [-0.4, -0.2) is 0 Å². The number of benzene rings is 1. The van der Waals surface area contributed by atoms with Crippen LogP contribution in [0, 0.1) is 5.82 Å². The van der Waals surface area contributed by atoms with E-state index in [9.17, 15) is 4.39 Å². The van der Waals surface area contributed by atoms with Gasteiger partial charge in [0, 0.05) is 6.04 Å². The topological polar surface area (TPSA) is 38.0 Å². The van der Waals surface area contributed by atoms with Crippen molar-refractivity contribution in [2.24, 2.45) is 5.84 Å². The molecule has 0 aliphatic carbocycles. The average molecular weight is 329 g/mol. The number of hydrogen-bond donors (Lipinski definition) is 2. The van der Waals surface area contributed by atoms with Crippen LogP contribution in [0.4, 0.5) is 4.39 Å². The lowest BCUT2D eigenvalue weighted by atomic mass is 10.0. The molecule has 0 bridgehead atoms. The van der Waals surface area contributed by atoms with Gasteiger partial charge in [0.15, 0.2) is 0 Å². The fourth-order valence-corrected chi connectivity index (χ4v) is 3.11. The molecule has 0 aliphatic heterocycles. The van der Waals surface area contributed by atoms with Crippen molar-refractivity contribution < 1.29 is 4.39 Å². The Hall–Kier alpha value is -0.750. The van der Waals surface area contributed by atoms with Crippen LogP contribution in [0.1, 0.15) is 23.6 Å². The SMILES string of the molecule is NNC(CCc1ccsc1)c1cccc(F)c1Br. The van der Waals surface area contributed by atoms with E-state index in [1.807, 2.05) is 6.07 Å². The number of aryl methyl sites for hydroxylation is 1. The van der Waals surface area contributed by atoms with Gasteiger partial charge >= 0.3 is 0 Å². The van der Waals surface area contributed by atoms with Crippen LogP contribution < -0.4 is 11.3 Å². The van der Waals surface area contributed by atoms with E-state index in [1.54, 1.807) is 17.4 Å². The van der Waals surface area contributed by atoms with Crippen molar-refractivity contribution in [2.45, 2.75) is 18.9 Å². The van der Waals surface area contributed by atoms with Gasteiger partial charge < -0.3 is 0 Å². The highest BCUT2D eigenvalue weighted by Crippen LogP contribution is 2.28. The van der Waals surface area contributed by atoms with Crippen LogP contribution in [0.5, 0.6) is 0 Å². The van der Waals surface area contributed by atoms with Gasteiger partial charge in [-0.2, -0.15) is 11.3 Å². The maximum absolute atomic E-state index is 13.5. The highest BCUT2D eigenvalue weighted by molar-refractivity contribution is 9.10. The maximum atomic E-state index is 13.5. The van der Waals surface area contributed by atoms with Gasteiger partial charge in [0.05, 0.1) is 4.47 Å². The van der Waals surface area contributed by atoms with Gasteiger partial charge in [-0.15, -0.1) is 0 Å². The molecule has 96 valence electrons. The van der Waals surface area contributed by atoms with E-state index in [2.05, 4.69) is 38.2 Å². The molecule has 1 heterocycles. The zero-order valence-corrected chi connectivity index (χ0v) is 12.1. The molecule has 0 amide bonds. The lowest BCUT2D eigenvalue weighted by Crippen LogP contribution is -2.28. The summed E-state index contributed by atoms with van der Waals surface area (Å²) in [5, 5.41) is 4.17. The highest BCUT2D eigenvalue weighted by Gasteiger charge is 2.15. The number of halogens is 2. The fraction of sp³-hybridized carbons (Fsp3) is 0.231. The van der Waals surface area contributed by atoms with E-state index < -0.39 is 0 Å². The van der Waals surface area contributed by atoms with Crippen LogP contribution in [0.15, 0.2) is 39.5 Å². The van der Waals surface area contributed by atoms with Crippen LogP contribution in [-0.2, 0) is 6.42 Å². The van der Waals surface area contributed by atoms with Crippen LogP contribution in [0.2, 0.25) is 0 Å². The minimum Gasteiger partial charge on any atom is -0.271 e. The van der Waals surface area contributed by atoms with Crippen molar-refractivity contribution in [3.8, 4) is 0 Å². The second-order valence-corrected chi connectivity index (χ2v) is 5.61. The summed E-state index contributed by atoms with van der Waals surface area (Å²) in [5.74, 6) is 5.31. The third-order valence-corrected chi connectivity index (χ3v) is 4.43. The summed E-state index contributed by atoms with van der Waals surface area (Å²) in [5.41, 5.74) is 4.89. The van der Waals surface area contributed by atoms with E-state index in [0.717, 1.165) is 18.4 Å². The summed E-state index contributed by atoms with van der Waals surface area (Å²) in [6.07, 6.45) is 1.75. The number of thiophene rings is 1. The minimum atomic E-state index is -0.261. The van der Waals surface area contributed by atoms with Gasteiger partial charge in [-0.1, -0.05) is 12.1 Å². The minimum absolute atomic E-state index is 0.0602. The standard InChI is InChI=1S/C13H14BrFN2S/c14-13-10(2-1-3-11(13)15)12(17-16)5-4-9-6-7-18-8-9/h1-3,6-8,12,17H,4-5,16H2. The summed E-state index contributed by atoms with van der Waals surface area (Å²) in [6, 6.07) is 7.05. The molecular formula is C13H14BrFN2S. The molecule has 2 rings (SSSR count). The molecule has 0 aliphatic rings. The number of hydrazine groups is 1. The smallest absolute Gasteiger partial charge is 0.137 e. The van der Waals surface area contributed by atoms with Crippen LogP contribution in [0.3, 0.4) is 0 Å². The third kappa shape index (κ3) is 3.17. The Morgan fingerprint density at radius 3 is 2.89 bits per heavy atom. The third-order valence-electron chi connectivity index (χ3n) is 2.86. The van der Waals surface area contributed by atoms with Crippen molar-refractivity contribution in [1.82, 2.24) is 5.43 Å². The largest absolute Gasteiger partial charge is 0.271 e. The first kappa shape index (κ1) is 13.7. The van der Waals surface area contributed by atoms with E-state index in [0.29, 0.717) is 4.47 Å². The molecule has 2 nitrogen and oxygen atoms in total. The molecule has 0 fully saturated rings. The average Bonchev–Trinajstić information content (AvgIpc) is 2.88. The van der Waals surface area contributed by atoms with E-state index in [1.165, 1.54) is 11.6 Å².